The molecule has 144 valence electrons. The average molecular weight is 434 g/mol. The molecule has 1 aliphatic heterocycles. The molecule has 0 aliphatic carbocycles. The third-order valence-corrected chi connectivity index (χ3v) is 5.51. The minimum Gasteiger partial charge on any atom is -0.489 e. The zero-order chi connectivity index (χ0) is 19.2. The Morgan fingerprint density at radius 2 is 2.15 bits per heavy atom. The molecule has 2 aromatic carbocycles. The van der Waals surface area contributed by atoms with Crippen LogP contribution < -0.4 is 4.74 Å². The first kappa shape index (κ1) is 19.9. The zero-order valence-electron chi connectivity index (χ0n) is 15.4. The van der Waals surface area contributed by atoms with Crippen LogP contribution in [0.1, 0.15) is 29.2 Å². The highest BCUT2D eigenvalue weighted by molar-refractivity contribution is 9.10. The van der Waals surface area contributed by atoms with Crippen molar-refractivity contribution in [1.29, 1.82) is 0 Å². The number of aliphatic carboxylic acids is 1. The third-order valence-electron chi connectivity index (χ3n) is 4.73. The Morgan fingerprint density at radius 3 is 2.89 bits per heavy atom. The fraction of sp³-hybridized carbons (Fsp3) is 0.381. The van der Waals surface area contributed by atoms with Gasteiger partial charge in [0, 0.05) is 29.7 Å². The first-order chi connectivity index (χ1) is 13.0. The number of nitrogens with zero attached hydrogens (tertiary/aromatic N) is 1. The van der Waals surface area contributed by atoms with E-state index in [1.807, 2.05) is 36.4 Å². The fourth-order valence-electron chi connectivity index (χ4n) is 3.22. The molecule has 1 saturated heterocycles. The number of carboxylic acids is 1. The van der Waals surface area contributed by atoms with Crippen LogP contribution in [-0.4, -0.2) is 42.2 Å². The number of hydrogen-bond acceptors (Lipinski definition) is 4. The van der Waals surface area contributed by atoms with Crippen LogP contribution in [0.2, 0.25) is 0 Å². The van der Waals surface area contributed by atoms with Gasteiger partial charge in [-0.25, -0.2) is 0 Å². The van der Waals surface area contributed by atoms with Crippen LogP contribution in [0.4, 0.5) is 0 Å². The third kappa shape index (κ3) is 5.54. The molecule has 0 bridgehead atoms. The summed E-state index contributed by atoms with van der Waals surface area (Å²) >= 11 is 3.54. The van der Waals surface area contributed by atoms with Crippen molar-refractivity contribution in [3.63, 3.8) is 0 Å². The van der Waals surface area contributed by atoms with E-state index in [2.05, 4.69) is 33.8 Å². The second kappa shape index (κ2) is 9.35. The van der Waals surface area contributed by atoms with Gasteiger partial charge in [0.05, 0.1) is 19.1 Å². The number of hydrogen-bond donors (Lipinski definition) is 1. The van der Waals surface area contributed by atoms with E-state index in [0.29, 0.717) is 26.3 Å². The van der Waals surface area contributed by atoms with Crippen LogP contribution >= 0.6 is 15.9 Å². The summed E-state index contributed by atoms with van der Waals surface area (Å²) in [6.45, 7) is 5.22. The lowest BCUT2D eigenvalue weighted by atomic mass is 10.0. The van der Waals surface area contributed by atoms with E-state index in [1.54, 1.807) is 0 Å². The molecule has 0 radical (unpaired) electrons. The molecule has 1 unspecified atom stereocenters. The SMILES string of the molecule is Cc1cc(OCc2ccccc2Br)ccc1C1CN(CCC(=O)O)CCO1. The maximum Gasteiger partial charge on any atom is 0.304 e. The van der Waals surface area contributed by atoms with Gasteiger partial charge in [-0.3, -0.25) is 9.69 Å². The highest BCUT2D eigenvalue weighted by Gasteiger charge is 2.23. The second-order valence-electron chi connectivity index (χ2n) is 6.70. The first-order valence-corrected chi connectivity index (χ1v) is 9.84. The number of halogens is 1. The Hall–Kier alpha value is -1.89. The van der Waals surface area contributed by atoms with Crippen molar-refractivity contribution in [2.75, 3.05) is 26.2 Å². The quantitative estimate of drug-likeness (QED) is 0.709. The molecule has 0 aromatic heterocycles. The molecule has 1 fully saturated rings. The van der Waals surface area contributed by atoms with Crippen LogP contribution in [0.5, 0.6) is 5.75 Å². The largest absolute Gasteiger partial charge is 0.489 e. The van der Waals surface area contributed by atoms with Crippen LogP contribution in [0.25, 0.3) is 0 Å². The Balaban J connectivity index is 1.62. The highest BCUT2D eigenvalue weighted by atomic mass is 79.9. The smallest absolute Gasteiger partial charge is 0.304 e. The van der Waals surface area contributed by atoms with E-state index in [4.69, 9.17) is 14.6 Å². The van der Waals surface area contributed by atoms with Gasteiger partial charge in [0.2, 0.25) is 0 Å². The van der Waals surface area contributed by atoms with Crippen molar-refractivity contribution < 1.29 is 19.4 Å². The summed E-state index contributed by atoms with van der Waals surface area (Å²) in [5, 5.41) is 8.88. The van der Waals surface area contributed by atoms with Gasteiger partial charge < -0.3 is 14.6 Å². The maximum atomic E-state index is 10.8. The number of morpholine rings is 1. The predicted octanol–water partition coefficient (Wildman–Crippen LogP) is 4.18. The molecular weight excluding hydrogens is 410 g/mol. The van der Waals surface area contributed by atoms with Gasteiger partial charge in [0.15, 0.2) is 0 Å². The summed E-state index contributed by atoms with van der Waals surface area (Å²) in [6, 6.07) is 14.1. The number of aryl methyl sites for hydroxylation is 1. The molecule has 0 saturated carbocycles. The monoisotopic (exact) mass is 433 g/mol. The molecule has 1 aliphatic rings. The Labute approximate surface area is 168 Å². The van der Waals surface area contributed by atoms with E-state index < -0.39 is 5.97 Å². The summed E-state index contributed by atoms with van der Waals surface area (Å²) in [6.07, 6.45) is 0.123. The Bertz CT molecular complexity index is 796. The fourth-order valence-corrected chi connectivity index (χ4v) is 3.62. The molecule has 1 heterocycles. The normalized spacial score (nSPS) is 17.6. The average Bonchev–Trinajstić information content (AvgIpc) is 2.66. The summed E-state index contributed by atoms with van der Waals surface area (Å²) < 4.78 is 12.9. The molecule has 1 N–H and O–H groups in total. The Morgan fingerprint density at radius 1 is 1.33 bits per heavy atom. The summed E-state index contributed by atoms with van der Waals surface area (Å²) in [5.41, 5.74) is 3.34. The van der Waals surface area contributed by atoms with E-state index >= 15 is 0 Å². The molecule has 27 heavy (non-hydrogen) atoms. The van der Waals surface area contributed by atoms with Gasteiger partial charge in [-0.15, -0.1) is 0 Å². The Kier molecular flexibility index (Phi) is 6.88. The zero-order valence-corrected chi connectivity index (χ0v) is 16.9. The van der Waals surface area contributed by atoms with Gasteiger partial charge in [0.25, 0.3) is 0 Å². The van der Waals surface area contributed by atoms with Gasteiger partial charge in [0.1, 0.15) is 12.4 Å². The molecule has 0 spiro atoms. The molecule has 1 atom stereocenters. The van der Waals surface area contributed by atoms with Crippen molar-refractivity contribution in [3.8, 4) is 5.75 Å². The van der Waals surface area contributed by atoms with Crippen molar-refractivity contribution in [3.05, 3.63) is 63.6 Å². The van der Waals surface area contributed by atoms with Gasteiger partial charge in [-0.1, -0.05) is 40.2 Å². The van der Waals surface area contributed by atoms with Crippen LogP contribution in [0, 0.1) is 6.92 Å². The highest BCUT2D eigenvalue weighted by Crippen LogP contribution is 2.28. The molecule has 6 heteroatoms. The lowest BCUT2D eigenvalue weighted by Gasteiger charge is -2.33. The van der Waals surface area contributed by atoms with E-state index in [0.717, 1.165) is 33.5 Å². The van der Waals surface area contributed by atoms with Gasteiger partial charge in [-0.2, -0.15) is 0 Å². The molecule has 3 rings (SSSR count). The minimum absolute atomic E-state index is 0.0372. The van der Waals surface area contributed by atoms with E-state index in [-0.39, 0.29) is 12.5 Å². The summed E-state index contributed by atoms with van der Waals surface area (Å²) in [4.78, 5) is 12.9. The summed E-state index contributed by atoms with van der Waals surface area (Å²) in [5.74, 6) is 0.0614. The van der Waals surface area contributed by atoms with E-state index in [1.165, 1.54) is 0 Å². The number of carbonyl (C=O) groups is 1. The van der Waals surface area contributed by atoms with Crippen LogP contribution in [0.15, 0.2) is 46.9 Å². The molecule has 0 amide bonds. The molecule has 2 aromatic rings. The number of carboxylic acid groups (broad SMARTS) is 1. The molecular formula is C21H24BrNO4. The number of benzene rings is 2. The lowest BCUT2D eigenvalue weighted by Crippen LogP contribution is -2.39. The minimum atomic E-state index is -0.763. The molecule has 5 nitrogen and oxygen atoms in total. The van der Waals surface area contributed by atoms with Crippen molar-refractivity contribution in [2.24, 2.45) is 0 Å². The number of rotatable bonds is 7. The lowest BCUT2D eigenvalue weighted by molar-refractivity contribution is -0.137. The first-order valence-electron chi connectivity index (χ1n) is 9.05. The van der Waals surface area contributed by atoms with Crippen molar-refractivity contribution in [1.82, 2.24) is 4.90 Å². The van der Waals surface area contributed by atoms with E-state index in [9.17, 15) is 4.79 Å². The maximum absolute atomic E-state index is 10.8. The second-order valence-corrected chi connectivity index (χ2v) is 7.56. The predicted molar refractivity (Wildman–Crippen MR) is 107 cm³/mol. The topological polar surface area (TPSA) is 59.0 Å². The van der Waals surface area contributed by atoms with Crippen LogP contribution in [0.3, 0.4) is 0 Å². The van der Waals surface area contributed by atoms with Crippen molar-refractivity contribution >= 4 is 21.9 Å². The standard InChI is InChI=1S/C21H24BrNO4/c1-15-12-17(27-14-16-4-2-3-5-19(16)22)6-7-18(15)20-13-23(10-11-26-20)9-8-21(24)25/h2-7,12,20H,8-11,13-14H2,1H3,(H,24,25). The number of ether oxygens (including phenoxy) is 2. The van der Waals surface area contributed by atoms with Crippen molar-refractivity contribution in [2.45, 2.75) is 26.1 Å². The van der Waals surface area contributed by atoms with Crippen LogP contribution in [-0.2, 0) is 16.1 Å². The van der Waals surface area contributed by atoms with Gasteiger partial charge >= 0.3 is 5.97 Å². The summed E-state index contributed by atoms with van der Waals surface area (Å²) in [7, 11) is 0. The van der Waals surface area contributed by atoms with Gasteiger partial charge in [-0.05, 0) is 36.2 Å².